The zero-order valence-electron chi connectivity index (χ0n) is 38.1. The molecule has 0 atom stereocenters. The molecule has 2 aliphatic heterocycles. The van der Waals surface area contributed by atoms with Crippen LogP contribution < -0.4 is 4.57 Å². The van der Waals surface area contributed by atoms with Gasteiger partial charge in [-0.2, -0.15) is 4.57 Å². The predicted molar refractivity (Wildman–Crippen MR) is 293 cm³/mol. The lowest BCUT2D eigenvalue weighted by atomic mass is 9.88. The minimum atomic E-state index is 1.12. The highest BCUT2D eigenvalue weighted by atomic mass is 15.0. The molecule has 0 saturated heterocycles. The van der Waals surface area contributed by atoms with E-state index in [0.717, 1.165) is 17.1 Å². The number of hydrogen-bond donors (Lipinski definition) is 0. The maximum atomic E-state index is 2.50. The average molecular weight is 889 g/mol. The SMILES string of the molecule is c1ccc2c(-c3ccc(-n4c5cccc6c5-c5c7c4cccc7[n+](-c4ccc(-c7cccc8ccccc78)cc4)c4cccc(c54)n6-c4ccc(-c5cccc6ccccc56)cc4)cc3)cccc2c1. The lowest BCUT2D eigenvalue weighted by Gasteiger charge is -2.28. The smallest absolute Gasteiger partial charge is 0.221 e. The van der Waals surface area contributed by atoms with E-state index in [1.807, 2.05) is 0 Å². The molecule has 70 heavy (non-hydrogen) atoms. The average Bonchev–Trinajstić information content (AvgIpc) is 3.43. The Morgan fingerprint density at radius 1 is 0.257 bits per heavy atom. The van der Waals surface area contributed by atoms with Crippen LogP contribution in [-0.4, -0.2) is 9.13 Å². The molecule has 0 saturated carbocycles. The summed E-state index contributed by atoms with van der Waals surface area (Å²) in [5.41, 5.74) is 20.2. The van der Waals surface area contributed by atoms with Crippen molar-refractivity contribution in [3.8, 4) is 61.6 Å². The van der Waals surface area contributed by atoms with E-state index < -0.39 is 0 Å². The molecule has 15 rings (SSSR count). The van der Waals surface area contributed by atoms with E-state index in [1.54, 1.807) is 0 Å². The van der Waals surface area contributed by atoms with Gasteiger partial charge in [-0.15, -0.1) is 0 Å². The van der Waals surface area contributed by atoms with Gasteiger partial charge in [-0.25, -0.2) is 0 Å². The molecule has 0 bridgehead atoms. The van der Waals surface area contributed by atoms with Crippen molar-refractivity contribution in [2.75, 3.05) is 0 Å². The third-order valence-electron chi connectivity index (χ3n) is 14.9. The highest BCUT2D eigenvalue weighted by Crippen LogP contribution is 2.49. The van der Waals surface area contributed by atoms with Gasteiger partial charge in [0.1, 0.15) is 0 Å². The lowest BCUT2D eigenvalue weighted by Crippen LogP contribution is -2.34. The van der Waals surface area contributed by atoms with Crippen LogP contribution in [0.3, 0.4) is 0 Å². The highest BCUT2D eigenvalue weighted by molar-refractivity contribution is 6.25. The summed E-state index contributed by atoms with van der Waals surface area (Å²) in [5, 5.41) is 9.99. The minimum Gasteiger partial charge on any atom is -0.309 e. The Labute approximate surface area is 404 Å². The normalized spacial score (nSPS) is 12.0. The van der Waals surface area contributed by atoms with Crippen molar-refractivity contribution in [3.05, 3.63) is 255 Å². The van der Waals surface area contributed by atoms with Gasteiger partial charge >= 0.3 is 0 Å². The van der Waals surface area contributed by atoms with Crippen LogP contribution in [0, 0.1) is 0 Å². The van der Waals surface area contributed by atoms with Gasteiger partial charge in [0.05, 0.1) is 32.8 Å². The molecular weight excluding hydrogens is 847 g/mol. The van der Waals surface area contributed by atoms with Gasteiger partial charge in [-0.1, -0.05) is 170 Å². The molecule has 12 aromatic carbocycles. The van der Waals surface area contributed by atoms with Crippen LogP contribution in [-0.2, 0) is 0 Å². The fourth-order valence-corrected chi connectivity index (χ4v) is 11.9. The Kier molecular flexibility index (Phi) is 8.36. The fraction of sp³-hybridized carbons (Fsp3) is 0. The lowest BCUT2D eigenvalue weighted by molar-refractivity contribution is -0.537. The second kappa shape index (κ2) is 15.1. The van der Waals surface area contributed by atoms with Crippen molar-refractivity contribution in [2.45, 2.75) is 0 Å². The van der Waals surface area contributed by atoms with Gasteiger partial charge in [-0.05, 0) is 126 Å². The Morgan fingerprint density at radius 2 is 0.600 bits per heavy atom. The number of aromatic nitrogens is 3. The first kappa shape index (κ1) is 38.8. The molecule has 324 valence electrons. The summed E-state index contributed by atoms with van der Waals surface area (Å²) in [5.74, 6) is 0. The molecule has 0 spiro atoms. The third-order valence-corrected chi connectivity index (χ3v) is 14.9. The Balaban J connectivity index is 1.00. The van der Waals surface area contributed by atoms with Crippen molar-refractivity contribution in [1.29, 1.82) is 0 Å². The van der Waals surface area contributed by atoms with Gasteiger partial charge in [0.25, 0.3) is 0 Å². The van der Waals surface area contributed by atoms with E-state index in [9.17, 15) is 0 Å². The standard InChI is InChI=1S/C67H42N3/c1-4-19-52-43(13-1)16-7-22-55(52)46-31-37-49(38-32-46)68-58-25-10-27-60-64(58)67-65-59(68)26-11-28-61(65)70(51-41-35-48(36-42-51)57-24-9-18-45-15-3-6-21-54(45)57)63-30-12-29-62(66(63)67)69(60)50-39-33-47(34-40-50)56-23-8-17-44-14-2-5-20-53(44)56/h1-42H/q+1. The van der Waals surface area contributed by atoms with Crippen LogP contribution in [0.5, 0.6) is 0 Å². The maximum absolute atomic E-state index is 2.50. The molecule has 0 radical (unpaired) electrons. The van der Waals surface area contributed by atoms with Crippen molar-refractivity contribution in [2.24, 2.45) is 0 Å². The molecule has 0 unspecified atom stereocenters. The summed E-state index contributed by atoms with van der Waals surface area (Å²) in [6.07, 6.45) is 0. The first-order chi connectivity index (χ1) is 34.7. The topological polar surface area (TPSA) is 13.7 Å². The summed E-state index contributed by atoms with van der Waals surface area (Å²) >= 11 is 0. The number of rotatable bonds is 6. The largest absolute Gasteiger partial charge is 0.309 e. The summed E-state index contributed by atoms with van der Waals surface area (Å²) in [4.78, 5) is 0. The molecule has 0 aliphatic carbocycles. The molecule has 0 fully saturated rings. The van der Waals surface area contributed by atoms with E-state index in [0.29, 0.717) is 0 Å². The first-order valence-corrected chi connectivity index (χ1v) is 24.2. The number of nitrogens with zero attached hydrogens (tertiary/aromatic N) is 3. The number of hydrogen-bond acceptors (Lipinski definition) is 0. The summed E-state index contributed by atoms with van der Waals surface area (Å²) < 4.78 is 7.49. The van der Waals surface area contributed by atoms with Crippen molar-refractivity contribution in [1.82, 2.24) is 9.13 Å². The van der Waals surface area contributed by atoms with Gasteiger partial charge in [-0.3, -0.25) is 0 Å². The quantitative estimate of drug-likeness (QED) is 0.0897. The van der Waals surface area contributed by atoms with Crippen LogP contribution in [0.25, 0.3) is 138 Å². The zero-order valence-corrected chi connectivity index (χ0v) is 38.1. The Hall–Kier alpha value is -9.31. The molecule has 1 aromatic heterocycles. The molecule has 0 N–H and O–H groups in total. The first-order valence-electron chi connectivity index (χ1n) is 24.2. The van der Waals surface area contributed by atoms with Crippen molar-refractivity contribution < 1.29 is 4.57 Å². The third kappa shape index (κ3) is 5.66. The van der Waals surface area contributed by atoms with E-state index in [4.69, 9.17) is 0 Å². The van der Waals surface area contributed by atoms with Gasteiger partial charge in [0, 0.05) is 46.8 Å². The van der Waals surface area contributed by atoms with E-state index in [2.05, 4.69) is 268 Å². The molecule has 3 nitrogen and oxygen atoms in total. The summed E-state index contributed by atoms with van der Waals surface area (Å²) in [6.45, 7) is 0. The fourth-order valence-electron chi connectivity index (χ4n) is 11.9. The van der Waals surface area contributed by atoms with Crippen LogP contribution in [0.15, 0.2) is 255 Å². The van der Waals surface area contributed by atoms with Gasteiger partial charge in [0.15, 0.2) is 0 Å². The Morgan fingerprint density at radius 3 is 1.03 bits per heavy atom. The van der Waals surface area contributed by atoms with Gasteiger partial charge < -0.3 is 9.13 Å². The monoisotopic (exact) mass is 888 g/mol. The molecule has 3 heteroatoms. The second-order valence-corrected chi connectivity index (χ2v) is 18.6. The second-order valence-electron chi connectivity index (χ2n) is 18.6. The van der Waals surface area contributed by atoms with Crippen LogP contribution in [0.4, 0.5) is 0 Å². The zero-order chi connectivity index (χ0) is 45.9. The van der Waals surface area contributed by atoms with Crippen LogP contribution >= 0.6 is 0 Å². The van der Waals surface area contributed by atoms with Crippen molar-refractivity contribution >= 4 is 76.2 Å². The predicted octanol–water partition coefficient (Wildman–Crippen LogP) is 17.2. The van der Waals surface area contributed by atoms with Gasteiger partial charge in [0.2, 0.25) is 16.7 Å². The summed E-state index contributed by atoms with van der Waals surface area (Å²) in [6, 6.07) is 94.0. The highest BCUT2D eigenvalue weighted by Gasteiger charge is 2.33. The summed E-state index contributed by atoms with van der Waals surface area (Å²) in [7, 11) is 0. The van der Waals surface area contributed by atoms with E-state index >= 15 is 0 Å². The minimum absolute atomic E-state index is 1.12. The van der Waals surface area contributed by atoms with Crippen LogP contribution in [0.2, 0.25) is 0 Å². The number of fused-ring (bicyclic) bond motifs is 3. The number of pyridine rings is 3. The number of benzene rings is 12. The molecule has 0 amide bonds. The van der Waals surface area contributed by atoms with Crippen LogP contribution in [0.1, 0.15) is 0 Å². The van der Waals surface area contributed by atoms with E-state index in [1.165, 1.54) is 121 Å². The van der Waals surface area contributed by atoms with E-state index in [-0.39, 0.29) is 0 Å². The molecular formula is C67H42N3+. The van der Waals surface area contributed by atoms with Crippen molar-refractivity contribution in [3.63, 3.8) is 0 Å². The molecule has 2 aliphatic rings. The molecule has 3 heterocycles. The Bertz CT molecular complexity index is 4260. The maximum Gasteiger partial charge on any atom is 0.221 e. The molecule has 13 aromatic rings.